The molecule has 0 aliphatic rings. The standard InChI is InChI=1S/C54H38N2/c1-5-15-39(16-6-1)40-25-30-46(31-26-40)55(48-34-35-49(42-17-7-2-8-18-42)51(38-48)43-19-9-3-10-20-43)47-32-27-41(28-33-47)44-29-36-54-52(37-44)50-23-13-14-24-53(50)56(54)45-21-11-4-12-22-45/h1-38H/i1D,2D,3D,5D,6D,7D,8D,9D,10D,15D,16D,17D,18D,19D,20D,25D,26D,27D,28D,30D,31D,32D,33D,34D,35D. The predicted octanol–water partition coefficient (Wildman–Crippen LogP) is 14.9. The fourth-order valence-corrected chi connectivity index (χ4v) is 6.53. The highest BCUT2D eigenvalue weighted by atomic mass is 15.1. The Labute approximate surface area is 362 Å². The minimum Gasteiger partial charge on any atom is -0.310 e. The lowest BCUT2D eigenvalue weighted by Crippen LogP contribution is -2.10. The van der Waals surface area contributed by atoms with Crippen LogP contribution in [0.4, 0.5) is 17.1 Å². The van der Waals surface area contributed by atoms with Gasteiger partial charge in [0.25, 0.3) is 0 Å². The normalized spacial score (nSPS) is 17.5. The first kappa shape index (κ1) is 16.1. The molecule has 0 aliphatic heterocycles. The number of benzene rings is 9. The average molecular weight is 740 g/mol. The fraction of sp³-hybridized carbons (Fsp3) is 0. The molecule has 0 radical (unpaired) electrons. The van der Waals surface area contributed by atoms with Crippen molar-refractivity contribution in [3.63, 3.8) is 0 Å². The van der Waals surface area contributed by atoms with Crippen LogP contribution in [-0.4, -0.2) is 4.57 Å². The third-order valence-corrected chi connectivity index (χ3v) is 9.02. The second-order valence-corrected chi connectivity index (χ2v) is 12.3. The lowest BCUT2D eigenvalue weighted by Gasteiger charge is -2.27. The van der Waals surface area contributed by atoms with Crippen molar-refractivity contribution in [2.24, 2.45) is 0 Å². The molecule has 1 aromatic heterocycles. The quantitative estimate of drug-likeness (QED) is 0.151. The lowest BCUT2D eigenvalue weighted by atomic mass is 9.93. The number of rotatable bonds is 8. The second-order valence-electron chi connectivity index (χ2n) is 12.3. The van der Waals surface area contributed by atoms with Gasteiger partial charge in [-0.1, -0.05) is 163 Å². The van der Waals surface area contributed by atoms with Gasteiger partial charge in [0.05, 0.1) is 45.3 Å². The highest BCUT2D eigenvalue weighted by molar-refractivity contribution is 6.10. The van der Waals surface area contributed by atoms with Crippen LogP contribution in [0.1, 0.15) is 34.3 Å². The minimum atomic E-state index is -1.14. The average Bonchev–Trinajstić information content (AvgIpc) is 2.40. The first-order valence-electron chi connectivity index (χ1n) is 29.6. The van der Waals surface area contributed by atoms with E-state index in [9.17, 15) is 13.7 Å². The molecule has 9 aromatic carbocycles. The molecule has 0 saturated heterocycles. The number of para-hydroxylation sites is 2. The first-order valence-corrected chi connectivity index (χ1v) is 17.1. The van der Waals surface area contributed by atoms with Crippen molar-refractivity contribution in [3.05, 3.63) is 230 Å². The zero-order valence-electron chi connectivity index (χ0n) is 53.9. The molecule has 10 aromatic rings. The van der Waals surface area contributed by atoms with Crippen LogP contribution in [-0.2, 0) is 0 Å². The number of hydrogen-bond acceptors (Lipinski definition) is 1. The van der Waals surface area contributed by atoms with Crippen LogP contribution >= 0.6 is 0 Å². The van der Waals surface area contributed by atoms with Gasteiger partial charge in [0.15, 0.2) is 0 Å². The van der Waals surface area contributed by atoms with Crippen molar-refractivity contribution in [1.29, 1.82) is 0 Å². The summed E-state index contributed by atoms with van der Waals surface area (Å²) in [6.07, 6.45) is 0. The van der Waals surface area contributed by atoms with Gasteiger partial charge < -0.3 is 9.47 Å². The van der Waals surface area contributed by atoms with E-state index in [1.807, 2.05) is 59.2 Å². The maximum absolute atomic E-state index is 9.79. The van der Waals surface area contributed by atoms with Crippen LogP contribution in [0.5, 0.6) is 0 Å². The summed E-state index contributed by atoms with van der Waals surface area (Å²) in [6.45, 7) is 0. The topological polar surface area (TPSA) is 8.17 Å². The van der Waals surface area contributed by atoms with E-state index in [1.165, 1.54) is 0 Å². The zero-order chi connectivity index (χ0) is 59.0. The van der Waals surface area contributed by atoms with Gasteiger partial charge in [-0.3, -0.25) is 0 Å². The number of fused-ring (bicyclic) bond motifs is 3. The molecule has 0 saturated carbocycles. The molecule has 0 aliphatic carbocycles. The van der Waals surface area contributed by atoms with Gasteiger partial charge in [-0.2, -0.15) is 0 Å². The Morgan fingerprint density at radius 3 is 1.48 bits per heavy atom. The van der Waals surface area contributed by atoms with E-state index in [1.54, 1.807) is 18.2 Å². The van der Waals surface area contributed by atoms with Gasteiger partial charge in [-0.05, 0) is 111 Å². The van der Waals surface area contributed by atoms with E-state index in [2.05, 4.69) is 0 Å². The Morgan fingerprint density at radius 1 is 0.339 bits per heavy atom. The maximum atomic E-state index is 9.79. The molecule has 10 rings (SSSR count). The predicted molar refractivity (Wildman–Crippen MR) is 237 cm³/mol. The maximum Gasteiger partial charge on any atom is 0.0645 e. The molecule has 56 heavy (non-hydrogen) atoms. The summed E-state index contributed by atoms with van der Waals surface area (Å²) < 4.78 is 227. The SMILES string of the molecule is [2H]c1c(N(c2c([2H])c([2H])c(-c3ccc4c(c3)c3ccccc3n4-c3ccccc3)c([2H])c2[2H])c2c([2H])c([2H])c(-c3c([2H])c([2H])c([2H])c([2H])c3[2H])c([2H])c2[2H])cc(-c2c([2H])c([2H])c([2H])c([2H])c2[2H])c(-c2c([2H])c([2H])c([2H])c([2H])c2[2H])c1[2H]. The Hall–Kier alpha value is -7.42. The Balaban J connectivity index is 1.35. The summed E-state index contributed by atoms with van der Waals surface area (Å²) in [6, 6.07) is -1.09. The zero-order valence-corrected chi connectivity index (χ0v) is 28.9. The van der Waals surface area contributed by atoms with Crippen molar-refractivity contribution in [1.82, 2.24) is 4.57 Å². The van der Waals surface area contributed by atoms with Crippen molar-refractivity contribution in [2.45, 2.75) is 0 Å². The van der Waals surface area contributed by atoms with E-state index >= 15 is 0 Å². The number of hydrogen-bond donors (Lipinski definition) is 0. The number of anilines is 3. The van der Waals surface area contributed by atoms with Crippen LogP contribution in [0.2, 0.25) is 0 Å². The van der Waals surface area contributed by atoms with Crippen LogP contribution in [0.15, 0.2) is 230 Å². The van der Waals surface area contributed by atoms with Gasteiger partial charge in [0.1, 0.15) is 0 Å². The van der Waals surface area contributed by atoms with Gasteiger partial charge >= 0.3 is 0 Å². The monoisotopic (exact) mass is 739 g/mol. The van der Waals surface area contributed by atoms with Gasteiger partial charge in [0.2, 0.25) is 0 Å². The summed E-state index contributed by atoms with van der Waals surface area (Å²) in [5.74, 6) is 0. The summed E-state index contributed by atoms with van der Waals surface area (Å²) in [5, 5.41) is 1.42. The van der Waals surface area contributed by atoms with Crippen LogP contribution < -0.4 is 4.90 Å². The Morgan fingerprint density at radius 2 is 0.839 bits per heavy atom. The van der Waals surface area contributed by atoms with Crippen molar-refractivity contribution >= 4 is 38.9 Å². The molecule has 0 N–H and O–H groups in total. The highest BCUT2D eigenvalue weighted by Gasteiger charge is 2.18. The van der Waals surface area contributed by atoms with E-state index in [0.29, 0.717) is 10.3 Å². The largest absolute Gasteiger partial charge is 0.310 e. The van der Waals surface area contributed by atoms with Crippen molar-refractivity contribution in [2.75, 3.05) is 4.90 Å². The minimum absolute atomic E-state index is 0.182. The molecule has 0 spiro atoms. The molecule has 0 fully saturated rings. The number of nitrogens with zero attached hydrogens (tertiary/aromatic N) is 2. The summed E-state index contributed by atoms with van der Waals surface area (Å²) in [5.41, 5.74) is -5.05. The van der Waals surface area contributed by atoms with Crippen LogP contribution in [0.3, 0.4) is 0 Å². The first-order chi connectivity index (χ1) is 38.2. The molecule has 0 atom stereocenters. The highest BCUT2D eigenvalue weighted by Crippen LogP contribution is 2.42. The van der Waals surface area contributed by atoms with Crippen molar-refractivity contribution < 1.29 is 34.3 Å². The second kappa shape index (κ2) is 14.4. The molecule has 264 valence electrons. The van der Waals surface area contributed by atoms with Crippen LogP contribution in [0, 0.1) is 0 Å². The third kappa shape index (κ3) is 6.14. The van der Waals surface area contributed by atoms with E-state index in [4.69, 9.17) is 20.6 Å². The Bertz CT molecular complexity index is 4280. The number of aromatic nitrogens is 1. The molecule has 2 heteroatoms. The van der Waals surface area contributed by atoms with Gasteiger partial charge in [-0.15, -0.1) is 0 Å². The molecular formula is C54H38N2. The van der Waals surface area contributed by atoms with E-state index < -0.39 is 202 Å². The van der Waals surface area contributed by atoms with Gasteiger partial charge in [-0.25, -0.2) is 0 Å². The van der Waals surface area contributed by atoms with Crippen LogP contribution in [0.25, 0.3) is 72.0 Å². The molecule has 0 unspecified atom stereocenters. The Kier molecular flexibility index (Phi) is 4.16. The summed E-state index contributed by atoms with van der Waals surface area (Å²) in [7, 11) is 0. The van der Waals surface area contributed by atoms with Gasteiger partial charge in [0, 0.05) is 33.5 Å². The molecule has 0 bridgehead atoms. The smallest absolute Gasteiger partial charge is 0.0645 e. The lowest BCUT2D eigenvalue weighted by molar-refractivity contribution is 1.18. The summed E-state index contributed by atoms with van der Waals surface area (Å²) >= 11 is 0. The fourth-order valence-electron chi connectivity index (χ4n) is 6.53. The van der Waals surface area contributed by atoms with Crippen molar-refractivity contribution in [3.8, 4) is 50.2 Å². The third-order valence-electron chi connectivity index (χ3n) is 9.02. The van der Waals surface area contributed by atoms with E-state index in [0.717, 1.165) is 28.2 Å². The molecule has 0 amide bonds. The van der Waals surface area contributed by atoms with E-state index in [-0.39, 0.29) is 11.1 Å². The molecular weight excluding hydrogens is 677 g/mol. The molecule has 1 heterocycles. The molecule has 2 nitrogen and oxygen atoms in total. The summed E-state index contributed by atoms with van der Waals surface area (Å²) in [4.78, 5) is 0.568.